The second-order valence-corrected chi connectivity index (χ2v) is 9.77. The van der Waals surface area contributed by atoms with E-state index in [4.69, 9.17) is 23.2 Å². The molecule has 0 saturated carbocycles. The lowest BCUT2D eigenvalue weighted by Crippen LogP contribution is -2.05. The van der Waals surface area contributed by atoms with Gasteiger partial charge in [-0.15, -0.1) is 0 Å². The Balaban J connectivity index is 0.00000456. The Morgan fingerprint density at radius 3 is 2.11 bits per heavy atom. The van der Waals surface area contributed by atoms with Crippen molar-refractivity contribution in [1.29, 1.82) is 0 Å². The van der Waals surface area contributed by atoms with Gasteiger partial charge in [0, 0.05) is 5.02 Å². The molecule has 3 aromatic rings. The Bertz CT molecular complexity index is 1290. The lowest BCUT2D eigenvalue weighted by molar-refractivity contribution is -0.104. The quantitative estimate of drug-likeness (QED) is 0.125. The molecular formula is C33H36Cl2O. The van der Waals surface area contributed by atoms with Crippen LogP contribution in [0, 0.1) is 19.8 Å². The van der Waals surface area contributed by atoms with Gasteiger partial charge in [0.2, 0.25) is 0 Å². The number of allylic oxidation sites excluding steroid dienone is 4. The zero-order valence-electron chi connectivity index (χ0n) is 21.0. The average molecular weight is 520 g/mol. The summed E-state index contributed by atoms with van der Waals surface area (Å²) in [6.45, 7) is 10.7. The summed E-state index contributed by atoms with van der Waals surface area (Å²) in [5.41, 5.74) is 9.91. The van der Waals surface area contributed by atoms with Crippen molar-refractivity contribution in [3.63, 3.8) is 0 Å². The van der Waals surface area contributed by atoms with Crippen LogP contribution in [0.15, 0.2) is 78.4 Å². The number of carbonyl (C=O) groups excluding carboxylic acids is 1. The first-order valence-corrected chi connectivity index (χ1v) is 12.7. The molecule has 0 fully saturated rings. The van der Waals surface area contributed by atoms with E-state index in [-0.39, 0.29) is 13.3 Å². The van der Waals surface area contributed by atoms with Gasteiger partial charge in [-0.1, -0.05) is 118 Å². The van der Waals surface area contributed by atoms with E-state index in [9.17, 15) is 4.79 Å². The summed E-state index contributed by atoms with van der Waals surface area (Å²) in [5, 5.41) is 1.53. The van der Waals surface area contributed by atoms with Crippen molar-refractivity contribution >= 4 is 51.7 Å². The highest BCUT2D eigenvalue weighted by Gasteiger charge is 2.22. The highest BCUT2D eigenvalue weighted by molar-refractivity contribution is 6.50. The van der Waals surface area contributed by atoms with Crippen LogP contribution in [0.5, 0.6) is 0 Å². The molecule has 0 aliphatic rings. The van der Waals surface area contributed by atoms with Crippen LogP contribution in [0.2, 0.25) is 5.02 Å². The molecule has 3 aromatic carbocycles. The molecule has 3 rings (SSSR count). The molecule has 1 nitrogen and oxygen atoms in total. The molecule has 0 unspecified atom stereocenters. The van der Waals surface area contributed by atoms with Gasteiger partial charge < -0.3 is 0 Å². The topological polar surface area (TPSA) is 17.1 Å². The van der Waals surface area contributed by atoms with Crippen molar-refractivity contribution in [2.75, 3.05) is 0 Å². The van der Waals surface area contributed by atoms with Crippen LogP contribution in [0.3, 0.4) is 0 Å². The van der Waals surface area contributed by atoms with Crippen molar-refractivity contribution in [2.24, 2.45) is 5.92 Å². The summed E-state index contributed by atoms with van der Waals surface area (Å²) in [5.74, 6) is 0.182. The van der Waals surface area contributed by atoms with E-state index in [1.807, 2.05) is 43.3 Å². The number of halogens is 2. The summed E-state index contributed by atoms with van der Waals surface area (Å²) in [6, 6.07) is 22.8. The number of carbonyl (C=O) groups is 1. The van der Waals surface area contributed by atoms with Gasteiger partial charge in [0.25, 0.3) is 0 Å². The highest BCUT2D eigenvalue weighted by atomic mass is 35.5. The molecule has 0 aromatic heterocycles. The zero-order valence-corrected chi connectivity index (χ0v) is 22.5. The van der Waals surface area contributed by atoms with Crippen LogP contribution in [0.25, 0.3) is 22.3 Å². The number of hydrogen-bond acceptors (Lipinski definition) is 1. The summed E-state index contributed by atoms with van der Waals surface area (Å²) >= 11 is 13.6. The normalized spacial score (nSPS) is 12.8. The predicted molar refractivity (Wildman–Crippen MR) is 160 cm³/mol. The first kappa shape index (κ1) is 29.4. The van der Waals surface area contributed by atoms with E-state index in [2.05, 4.69) is 64.1 Å². The molecule has 188 valence electrons. The Morgan fingerprint density at radius 1 is 0.917 bits per heavy atom. The minimum absolute atomic E-state index is 0. The van der Waals surface area contributed by atoms with Gasteiger partial charge >= 0.3 is 0 Å². The van der Waals surface area contributed by atoms with Gasteiger partial charge in [-0.3, -0.25) is 4.79 Å². The second-order valence-electron chi connectivity index (χ2n) is 8.99. The van der Waals surface area contributed by atoms with Crippen LogP contribution in [0.4, 0.5) is 0 Å². The molecule has 0 atom stereocenters. The van der Waals surface area contributed by atoms with E-state index in [0.717, 1.165) is 67.3 Å². The first-order valence-electron chi connectivity index (χ1n) is 12.0. The van der Waals surface area contributed by atoms with E-state index >= 15 is 0 Å². The van der Waals surface area contributed by atoms with E-state index in [0.29, 0.717) is 0 Å². The van der Waals surface area contributed by atoms with Crippen LogP contribution >= 0.6 is 23.2 Å². The van der Waals surface area contributed by atoms with Crippen molar-refractivity contribution in [1.82, 2.24) is 0 Å². The Labute approximate surface area is 227 Å². The molecule has 0 amide bonds. The SMILES string of the molecule is C.CC/C(=C(\C(=C(/Cl)c1ccccc1C)C(C)C)c1ccc(/C=C/C=O)cc1)c1ccc(Cl)c(C)c1. The summed E-state index contributed by atoms with van der Waals surface area (Å²) in [6.07, 6.45) is 4.94. The van der Waals surface area contributed by atoms with Crippen LogP contribution in [-0.4, -0.2) is 6.29 Å². The molecule has 3 heteroatoms. The average Bonchev–Trinajstić information content (AvgIpc) is 2.85. The van der Waals surface area contributed by atoms with Crippen molar-refractivity contribution < 1.29 is 4.79 Å². The fourth-order valence-electron chi connectivity index (χ4n) is 4.38. The third kappa shape index (κ3) is 6.66. The van der Waals surface area contributed by atoms with Crippen molar-refractivity contribution in [3.05, 3.63) is 117 Å². The second kappa shape index (κ2) is 13.4. The predicted octanol–water partition coefficient (Wildman–Crippen LogP) is 10.4. The Morgan fingerprint density at radius 2 is 1.56 bits per heavy atom. The van der Waals surface area contributed by atoms with Gasteiger partial charge in [0.05, 0.1) is 5.03 Å². The van der Waals surface area contributed by atoms with Crippen molar-refractivity contribution in [2.45, 2.75) is 48.5 Å². The maximum Gasteiger partial charge on any atom is 0.142 e. The molecular weight excluding hydrogens is 483 g/mol. The minimum atomic E-state index is 0. The number of hydrogen-bond donors (Lipinski definition) is 0. The number of rotatable bonds is 8. The third-order valence-electron chi connectivity index (χ3n) is 6.19. The zero-order chi connectivity index (χ0) is 25.5. The van der Waals surface area contributed by atoms with Gasteiger partial charge in [-0.05, 0) is 88.4 Å². The third-order valence-corrected chi connectivity index (χ3v) is 7.02. The molecule has 0 aliphatic carbocycles. The fraction of sp³-hybridized carbons (Fsp3) is 0.242. The van der Waals surface area contributed by atoms with Crippen LogP contribution in [0.1, 0.15) is 68.0 Å². The highest BCUT2D eigenvalue weighted by Crippen LogP contribution is 2.43. The monoisotopic (exact) mass is 518 g/mol. The number of benzene rings is 3. The first-order chi connectivity index (χ1) is 16.8. The smallest absolute Gasteiger partial charge is 0.142 e. The molecule has 0 heterocycles. The van der Waals surface area contributed by atoms with Gasteiger partial charge in [0.15, 0.2) is 0 Å². The molecule has 0 radical (unpaired) electrons. The van der Waals surface area contributed by atoms with Crippen LogP contribution in [-0.2, 0) is 4.79 Å². The Kier molecular flexibility index (Phi) is 11.0. The lowest BCUT2D eigenvalue weighted by atomic mass is 9.82. The number of aldehydes is 1. The summed E-state index contributed by atoms with van der Waals surface area (Å²) in [7, 11) is 0. The molecule has 0 spiro atoms. The lowest BCUT2D eigenvalue weighted by Gasteiger charge is -2.24. The molecule has 0 bridgehead atoms. The molecule has 36 heavy (non-hydrogen) atoms. The summed E-state index contributed by atoms with van der Waals surface area (Å²) in [4.78, 5) is 10.8. The fourth-order valence-corrected chi connectivity index (χ4v) is 5.02. The molecule has 0 N–H and O–H groups in total. The maximum absolute atomic E-state index is 10.8. The van der Waals surface area contributed by atoms with Crippen LogP contribution < -0.4 is 0 Å². The van der Waals surface area contributed by atoms with E-state index < -0.39 is 0 Å². The standard InChI is InChI=1S/C32H32Cl2O.CH4/c1-6-27(26-17-18-29(33)23(5)20-26)31(25-15-13-24(14-16-25)11-9-19-35)30(21(2)3)32(34)28-12-8-7-10-22(28)4;/h7-21H,6H2,1-5H3;1H4/b11-9+,31-27+,32-30-;. The Hall–Kier alpha value is -2.87. The van der Waals surface area contributed by atoms with Gasteiger partial charge in [0.1, 0.15) is 6.29 Å². The summed E-state index contributed by atoms with van der Waals surface area (Å²) < 4.78 is 0. The largest absolute Gasteiger partial charge is 0.299 e. The van der Waals surface area contributed by atoms with E-state index in [1.165, 1.54) is 11.6 Å². The molecule has 0 aliphatic heterocycles. The number of aryl methyl sites for hydroxylation is 2. The van der Waals surface area contributed by atoms with Crippen molar-refractivity contribution in [3.8, 4) is 0 Å². The molecule has 0 saturated heterocycles. The van der Waals surface area contributed by atoms with Gasteiger partial charge in [-0.2, -0.15) is 0 Å². The maximum atomic E-state index is 10.8. The minimum Gasteiger partial charge on any atom is -0.299 e. The van der Waals surface area contributed by atoms with Gasteiger partial charge in [-0.25, -0.2) is 0 Å². The van der Waals surface area contributed by atoms with E-state index in [1.54, 1.807) is 0 Å².